The van der Waals surface area contributed by atoms with Gasteiger partial charge in [0.1, 0.15) is 0 Å². The van der Waals surface area contributed by atoms with E-state index in [1.165, 1.54) is 0 Å². The van der Waals surface area contributed by atoms with Crippen LogP contribution in [-0.4, -0.2) is 28.1 Å². The summed E-state index contributed by atoms with van der Waals surface area (Å²) in [5.41, 5.74) is 2.41. The Morgan fingerprint density at radius 2 is 1.88 bits per heavy atom. The third-order valence-electron chi connectivity index (χ3n) is 3.96. The van der Waals surface area contributed by atoms with Gasteiger partial charge in [0.2, 0.25) is 5.91 Å². The van der Waals surface area contributed by atoms with Gasteiger partial charge in [-0.2, -0.15) is 5.10 Å². The molecule has 2 amide bonds. The molecule has 1 atom stereocenters. The first-order valence-corrected chi connectivity index (χ1v) is 8.36. The number of carbonyl (C=O) groups is 2. The van der Waals surface area contributed by atoms with Crippen LogP contribution >= 0.6 is 0 Å². The van der Waals surface area contributed by atoms with Crippen molar-refractivity contribution < 1.29 is 9.59 Å². The van der Waals surface area contributed by atoms with Gasteiger partial charge in [-0.3, -0.25) is 9.59 Å². The van der Waals surface area contributed by atoms with Crippen molar-refractivity contribution in [3.63, 3.8) is 0 Å². The van der Waals surface area contributed by atoms with Crippen molar-refractivity contribution in [3.05, 3.63) is 84.2 Å². The summed E-state index contributed by atoms with van der Waals surface area (Å²) in [6.45, 7) is 1.83. The molecule has 0 bridgehead atoms. The van der Waals surface area contributed by atoms with E-state index in [0.29, 0.717) is 5.56 Å². The molecule has 0 aliphatic rings. The van der Waals surface area contributed by atoms with E-state index < -0.39 is 0 Å². The molecule has 1 heterocycles. The molecule has 26 heavy (non-hydrogen) atoms. The second-order valence-corrected chi connectivity index (χ2v) is 5.88. The molecule has 3 aromatic rings. The van der Waals surface area contributed by atoms with Crippen molar-refractivity contribution in [1.82, 2.24) is 20.4 Å². The van der Waals surface area contributed by atoms with Crippen LogP contribution in [0.25, 0.3) is 5.69 Å². The van der Waals surface area contributed by atoms with Crippen LogP contribution in [0.15, 0.2) is 73.1 Å². The monoisotopic (exact) mass is 348 g/mol. The van der Waals surface area contributed by atoms with E-state index in [1.54, 1.807) is 35.1 Å². The summed E-state index contributed by atoms with van der Waals surface area (Å²) in [6, 6.07) is 18.3. The van der Waals surface area contributed by atoms with E-state index in [-0.39, 0.29) is 24.4 Å². The first-order valence-electron chi connectivity index (χ1n) is 8.36. The van der Waals surface area contributed by atoms with Gasteiger partial charge in [-0.1, -0.05) is 30.3 Å². The SMILES string of the molecule is C[C@H](NC(=O)CNC(=O)c1ccccc1)c1cccc(-n2cccn2)c1. The van der Waals surface area contributed by atoms with E-state index in [1.807, 2.05) is 49.5 Å². The van der Waals surface area contributed by atoms with Crippen molar-refractivity contribution in [2.75, 3.05) is 6.54 Å². The molecule has 0 radical (unpaired) electrons. The summed E-state index contributed by atoms with van der Waals surface area (Å²) < 4.78 is 1.76. The van der Waals surface area contributed by atoms with Crippen LogP contribution < -0.4 is 10.6 Å². The zero-order valence-electron chi connectivity index (χ0n) is 14.4. The highest BCUT2D eigenvalue weighted by Crippen LogP contribution is 2.16. The Morgan fingerprint density at radius 1 is 1.08 bits per heavy atom. The van der Waals surface area contributed by atoms with Crippen molar-refractivity contribution in [1.29, 1.82) is 0 Å². The zero-order valence-corrected chi connectivity index (χ0v) is 14.4. The fraction of sp³-hybridized carbons (Fsp3) is 0.150. The molecule has 132 valence electrons. The number of carbonyl (C=O) groups excluding carboxylic acids is 2. The van der Waals surface area contributed by atoms with E-state index in [9.17, 15) is 9.59 Å². The Hall–Kier alpha value is -3.41. The van der Waals surface area contributed by atoms with Crippen molar-refractivity contribution >= 4 is 11.8 Å². The lowest BCUT2D eigenvalue weighted by atomic mass is 10.1. The molecule has 0 fully saturated rings. The summed E-state index contributed by atoms with van der Waals surface area (Å²) in [6.07, 6.45) is 3.58. The molecule has 6 heteroatoms. The molecular weight excluding hydrogens is 328 g/mol. The third kappa shape index (κ3) is 4.36. The average Bonchev–Trinajstić information content (AvgIpc) is 3.22. The summed E-state index contributed by atoms with van der Waals surface area (Å²) in [5, 5.41) is 9.72. The molecular formula is C20H20N4O2. The fourth-order valence-electron chi connectivity index (χ4n) is 2.59. The first kappa shape index (κ1) is 17.4. The van der Waals surface area contributed by atoms with E-state index in [2.05, 4.69) is 15.7 Å². The number of hydrogen-bond acceptors (Lipinski definition) is 3. The molecule has 2 N–H and O–H groups in total. The Morgan fingerprint density at radius 3 is 2.62 bits per heavy atom. The number of nitrogens with one attached hydrogen (secondary N) is 2. The minimum atomic E-state index is -0.269. The molecule has 0 spiro atoms. The van der Waals surface area contributed by atoms with Crippen LogP contribution in [0.2, 0.25) is 0 Å². The first-order chi connectivity index (χ1) is 12.6. The summed E-state index contributed by atoms with van der Waals surface area (Å²) in [7, 11) is 0. The summed E-state index contributed by atoms with van der Waals surface area (Å²) in [4.78, 5) is 24.1. The van der Waals surface area contributed by atoms with Gasteiger partial charge in [0, 0.05) is 18.0 Å². The second kappa shape index (κ2) is 8.11. The van der Waals surface area contributed by atoms with Crippen LogP contribution in [0.3, 0.4) is 0 Å². The van der Waals surface area contributed by atoms with Crippen LogP contribution in [0, 0.1) is 0 Å². The molecule has 3 rings (SSSR count). The molecule has 0 aliphatic heterocycles. The summed E-state index contributed by atoms with van der Waals surface area (Å²) >= 11 is 0. The minimum absolute atomic E-state index is 0.0725. The maximum Gasteiger partial charge on any atom is 0.251 e. The smallest absolute Gasteiger partial charge is 0.251 e. The van der Waals surface area contributed by atoms with Gasteiger partial charge >= 0.3 is 0 Å². The highest BCUT2D eigenvalue weighted by atomic mass is 16.2. The Balaban J connectivity index is 1.56. The Bertz CT molecular complexity index is 876. The lowest BCUT2D eigenvalue weighted by Crippen LogP contribution is -2.38. The Labute approximate surface area is 151 Å². The fourth-order valence-corrected chi connectivity index (χ4v) is 2.59. The lowest BCUT2D eigenvalue weighted by Gasteiger charge is -2.16. The largest absolute Gasteiger partial charge is 0.348 e. The van der Waals surface area contributed by atoms with Crippen LogP contribution in [0.4, 0.5) is 0 Å². The number of nitrogens with zero attached hydrogens (tertiary/aromatic N) is 2. The van der Waals surface area contributed by atoms with Gasteiger partial charge in [-0.25, -0.2) is 4.68 Å². The van der Waals surface area contributed by atoms with Crippen LogP contribution in [0.5, 0.6) is 0 Å². The quantitative estimate of drug-likeness (QED) is 0.718. The number of aromatic nitrogens is 2. The third-order valence-corrected chi connectivity index (χ3v) is 3.96. The highest BCUT2D eigenvalue weighted by Gasteiger charge is 2.12. The van der Waals surface area contributed by atoms with Gasteiger partial charge in [-0.05, 0) is 42.8 Å². The topological polar surface area (TPSA) is 76.0 Å². The second-order valence-electron chi connectivity index (χ2n) is 5.88. The van der Waals surface area contributed by atoms with E-state index in [4.69, 9.17) is 0 Å². The lowest BCUT2D eigenvalue weighted by molar-refractivity contribution is -0.120. The molecule has 6 nitrogen and oxygen atoms in total. The van der Waals surface area contributed by atoms with Crippen molar-refractivity contribution in [2.45, 2.75) is 13.0 Å². The standard InChI is InChI=1S/C20H20N4O2/c1-15(17-9-5-10-18(13-17)24-12-6-11-22-24)23-19(25)14-21-20(26)16-7-3-2-4-8-16/h2-13,15H,14H2,1H3,(H,21,26)(H,23,25)/t15-/m0/s1. The van der Waals surface area contributed by atoms with Gasteiger partial charge < -0.3 is 10.6 Å². The van der Waals surface area contributed by atoms with Crippen LogP contribution in [0.1, 0.15) is 28.9 Å². The molecule has 0 aliphatic carbocycles. The number of amides is 2. The number of benzene rings is 2. The van der Waals surface area contributed by atoms with Crippen molar-refractivity contribution in [2.24, 2.45) is 0 Å². The van der Waals surface area contributed by atoms with E-state index in [0.717, 1.165) is 11.3 Å². The average molecular weight is 348 g/mol. The number of hydrogen-bond donors (Lipinski definition) is 2. The van der Waals surface area contributed by atoms with Crippen molar-refractivity contribution in [3.8, 4) is 5.69 Å². The van der Waals surface area contributed by atoms with Gasteiger partial charge in [0.25, 0.3) is 5.91 Å². The summed E-state index contributed by atoms with van der Waals surface area (Å²) in [5.74, 6) is -0.514. The molecule has 1 aromatic heterocycles. The van der Waals surface area contributed by atoms with Gasteiger partial charge in [-0.15, -0.1) is 0 Å². The predicted octanol–water partition coefficient (Wildman–Crippen LogP) is 2.48. The highest BCUT2D eigenvalue weighted by molar-refractivity contribution is 5.96. The van der Waals surface area contributed by atoms with E-state index >= 15 is 0 Å². The predicted molar refractivity (Wildman–Crippen MR) is 98.9 cm³/mol. The molecule has 2 aromatic carbocycles. The molecule has 0 saturated heterocycles. The maximum atomic E-state index is 12.1. The molecule has 0 saturated carbocycles. The van der Waals surface area contributed by atoms with Gasteiger partial charge in [0.05, 0.1) is 18.3 Å². The Kier molecular flexibility index (Phi) is 5.43. The zero-order chi connectivity index (χ0) is 18.4. The maximum absolute atomic E-state index is 12.1. The molecule has 0 unspecified atom stereocenters. The minimum Gasteiger partial charge on any atom is -0.348 e. The normalized spacial score (nSPS) is 11.6. The van der Waals surface area contributed by atoms with Crippen LogP contribution in [-0.2, 0) is 4.79 Å². The van der Waals surface area contributed by atoms with Gasteiger partial charge in [0.15, 0.2) is 0 Å². The number of rotatable bonds is 6.